The van der Waals surface area contributed by atoms with Crippen LogP contribution in [0.5, 0.6) is 0 Å². The highest BCUT2D eigenvalue weighted by Gasteiger charge is 2.19. The van der Waals surface area contributed by atoms with E-state index in [4.69, 9.17) is 0 Å². The minimum atomic E-state index is -1.73. The number of carbonyl (C=O) groups is 1. The molecule has 0 fully saturated rings. The van der Waals surface area contributed by atoms with Crippen molar-refractivity contribution in [3.05, 3.63) is 65.5 Å². The predicted octanol–water partition coefficient (Wildman–Crippen LogP) is 0.436. The number of carbonyl (C=O) groups excluding carboxylic acids is 1. The Morgan fingerprint density at radius 3 is 2.45 bits per heavy atom. The Kier molecular flexibility index (Phi) is 4.50. The van der Waals surface area contributed by atoms with E-state index in [1.165, 1.54) is 18.2 Å². The van der Waals surface area contributed by atoms with Gasteiger partial charge in [-0.1, -0.05) is 36.4 Å². The topological polar surface area (TPSA) is 69.6 Å². The van der Waals surface area contributed by atoms with Crippen LogP contribution in [0.3, 0.4) is 0 Å². The molecule has 0 saturated heterocycles. The van der Waals surface area contributed by atoms with Gasteiger partial charge in [0.2, 0.25) is 0 Å². The highest BCUT2D eigenvalue weighted by atomic mass is 19.1. The van der Waals surface area contributed by atoms with Gasteiger partial charge in [0.25, 0.3) is 5.91 Å². The first-order valence-corrected chi connectivity index (χ1v) is 6.06. The van der Waals surface area contributed by atoms with E-state index in [1.54, 1.807) is 30.3 Å². The second-order valence-electron chi connectivity index (χ2n) is 4.24. The minimum Gasteiger partial charge on any atom is -0.423 e. The van der Waals surface area contributed by atoms with Crippen LogP contribution in [-0.4, -0.2) is 23.1 Å². The molecule has 0 atom stereocenters. The summed E-state index contributed by atoms with van der Waals surface area (Å²) in [4.78, 5) is 12.0. The molecule has 1 amide bonds. The number of benzene rings is 2. The Labute approximate surface area is 116 Å². The van der Waals surface area contributed by atoms with Crippen molar-refractivity contribution in [2.75, 3.05) is 0 Å². The van der Waals surface area contributed by atoms with E-state index in [2.05, 4.69) is 5.32 Å². The Balaban J connectivity index is 2.12. The fourth-order valence-electron chi connectivity index (χ4n) is 1.84. The van der Waals surface area contributed by atoms with Gasteiger partial charge in [-0.15, -0.1) is 0 Å². The number of rotatable bonds is 4. The van der Waals surface area contributed by atoms with Crippen molar-refractivity contribution < 1.29 is 19.2 Å². The van der Waals surface area contributed by atoms with Crippen LogP contribution in [0, 0.1) is 5.82 Å². The standard InChI is InChI=1S/C14H13BFNO3/c16-13-8-4-1-5-10(13)9-17-14(18)11-6-2-3-7-12(11)15(19)20/h1-8,19-20H,9H2,(H,17,18). The van der Waals surface area contributed by atoms with Gasteiger partial charge < -0.3 is 15.4 Å². The van der Waals surface area contributed by atoms with Crippen molar-refractivity contribution >= 4 is 18.5 Å². The predicted molar refractivity (Wildman–Crippen MR) is 73.8 cm³/mol. The molecule has 0 aliphatic carbocycles. The molecule has 20 heavy (non-hydrogen) atoms. The molecule has 0 heterocycles. The van der Waals surface area contributed by atoms with Crippen molar-refractivity contribution in [3.63, 3.8) is 0 Å². The van der Waals surface area contributed by atoms with Gasteiger partial charge in [-0.3, -0.25) is 4.79 Å². The van der Waals surface area contributed by atoms with E-state index in [0.717, 1.165) is 0 Å². The van der Waals surface area contributed by atoms with Gasteiger partial charge in [0, 0.05) is 17.7 Å². The van der Waals surface area contributed by atoms with Crippen molar-refractivity contribution in [2.45, 2.75) is 6.54 Å². The highest BCUT2D eigenvalue weighted by Crippen LogP contribution is 2.06. The monoisotopic (exact) mass is 273 g/mol. The zero-order valence-electron chi connectivity index (χ0n) is 10.6. The van der Waals surface area contributed by atoms with Crippen molar-refractivity contribution in [1.82, 2.24) is 5.32 Å². The largest absolute Gasteiger partial charge is 0.489 e. The molecule has 0 aromatic heterocycles. The molecule has 0 unspecified atom stereocenters. The van der Waals surface area contributed by atoms with Gasteiger partial charge in [0.05, 0.1) is 0 Å². The molecular formula is C14H13BFNO3. The second kappa shape index (κ2) is 6.32. The van der Waals surface area contributed by atoms with Crippen LogP contribution in [0.1, 0.15) is 15.9 Å². The van der Waals surface area contributed by atoms with Crippen LogP contribution in [0.25, 0.3) is 0 Å². The summed E-state index contributed by atoms with van der Waals surface area (Å²) in [5, 5.41) is 20.9. The molecule has 2 aromatic carbocycles. The van der Waals surface area contributed by atoms with E-state index in [1.807, 2.05) is 0 Å². The fourth-order valence-corrected chi connectivity index (χ4v) is 1.84. The number of hydrogen-bond acceptors (Lipinski definition) is 3. The van der Waals surface area contributed by atoms with Gasteiger partial charge >= 0.3 is 7.12 Å². The molecule has 4 nitrogen and oxygen atoms in total. The van der Waals surface area contributed by atoms with Crippen LogP contribution in [0.15, 0.2) is 48.5 Å². The summed E-state index contributed by atoms with van der Waals surface area (Å²) in [6, 6.07) is 12.3. The average Bonchev–Trinajstić information content (AvgIpc) is 2.46. The Bertz CT molecular complexity index is 619. The summed E-state index contributed by atoms with van der Waals surface area (Å²) in [5.74, 6) is -0.889. The molecule has 2 aromatic rings. The van der Waals surface area contributed by atoms with Gasteiger partial charge in [-0.25, -0.2) is 4.39 Å². The summed E-state index contributed by atoms with van der Waals surface area (Å²) < 4.78 is 13.4. The lowest BCUT2D eigenvalue weighted by molar-refractivity contribution is 0.0951. The lowest BCUT2D eigenvalue weighted by Gasteiger charge is -2.10. The summed E-state index contributed by atoms with van der Waals surface area (Å²) in [6.07, 6.45) is 0. The quantitative estimate of drug-likeness (QED) is 0.708. The number of hydrogen-bond donors (Lipinski definition) is 3. The van der Waals surface area contributed by atoms with Crippen molar-refractivity contribution in [2.24, 2.45) is 0 Å². The first kappa shape index (κ1) is 14.2. The lowest BCUT2D eigenvalue weighted by Crippen LogP contribution is -2.38. The first-order chi connectivity index (χ1) is 9.59. The third-order valence-electron chi connectivity index (χ3n) is 2.88. The van der Waals surface area contributed by atoms with E-state index in [9.17, 15) is 19.2 Å². The molecule has 0 radical (unpaired) electrons. The fraction of sp³-hybridized carbons (Fsp3) is 0.0714. The van der Waals surface area contributed by atoms with Crippen LogP contribution in [0.2, 0.25) is 0 Å². The van der Waals surface area contributed by atoms with Gasteiger partial charge in [-0.2, -0.15) is 0 Å². The number of nitrogens with one attached hydrogen (secondary N) is 1. The third kappa shape index (κ3) is 3.23. The molecule has 3 N–H and O–H groups in total. The number of halogens is 1. The lowest BCUT2D eigenvalue weighted by atomic mass is 9.77. The van der Waals surface area contributed by atoms with E-state index in [-0.39, 0.29) is 17.6 Å². The van der Waals surface area contributed by atoms with E-state index < -0.39 is 18.8 Å². The normalized spacial score (nSPS) is 10.2. The zero-order chi connectivity index (χ0) is 14.5. The van der Waals surface area contributed by atoms with Gasteiger partial charge in [0.15, 0.2) is 0 Å². The van der Waals surface area contributed by atoms with Gasteiger partial charge in [0.1, 0.15) is 5.82 Å². The Morgan fingerprint density at radius 1 is 1.10 bits per heavy atom. The maximum absolute atomic E-state index is 13.4. The van der Waals surface area contributed by atoms with Crippen LogP contribution in [-0.2, 0) is 6.54 Å². The molecule has 0 saturated carbocycles. The minimum absolute atomic E-state index is 0.0291. The Hall–Kier alpha value is -2.18. The molecule has 2 rings (SSSR count). The summed E-state index contributed by atoms with van der Waals surface area (Å²) in [6.45, 7) is 0.0291. The van der Waals surface area contributed by atoms with Crippen molar-refractivity contribution in [3.8, 4) is 0 Å². The SMILES string of the molecule is O=C(NCc1ccccc1F)c1ccccc1B(O)O. The summed E-state index contributed by atoms with van der Waals surface area (Å²) in [5.41, 5.74) is 0.625. The smallest absolute Gasteiger partial charge is 0.423 e. The summed E-state index contributed by atoms with van der Waals surface area (Å²) >= 11 is 0. The molecular weight excluding hydrogens is 260 g/mol. The zero-order valence-corrected chi connectivity index (χ0v) is 10.6. The second-order valence-corrected chi connectivity index (χ2v) is 4.24. The van der Waals surface area contributed by atoms with Crippen LogP contribution < -0.4 is 10.8 Å². The Morgan fingerprint density at radius 2 is 1.75 bits per heavy atom. The molecule has 0 aliphatic rings. The molecule has 102 valence electrons. The van der Waals surface area contributed by atoms with Crippen molar-refractivity contribution in [1.29, 1.82) is 0 Å². The van der Waals surface area contributed by atoms with Crippen LogP contribution in [0.4, 0.5) is 4.39 Å². The van der Waals surface area contributed by atoms with E-state index >= 15 is 0 Å². The van der Waals surface area contributed by atoms with Crippen LogP contribution >= 0.6 is 0 Å². The maximum atomic E-state index is 13.4. The third-order valence-corrected chi connectivity index (χ3v) is 2.88. The average molecular weight is 273 g/mol. The number of amides is 1. The maximum Gasteiger partial charge on any atom is 0.489 e. The van der Waals surface area contributed by atoms with Gasteiger partial charge in [-0.05, 0) is 17.6 Å². The summed E-state index contributed by atoms with van der Waals surface area (Å²) in [7, 11) is -1.73. The van der Waals surface area contributed by atoms with E-state index in [0.29, 0.717) is 5.56 Å². The molecule has 0 spiro atoms. The highest BCUT2D eigenvalue weighted by molar-refractivity contribution is 6.60. The molecule has 0 bridgehead atoms. The molecule has 0 aliphatic heterocycles. The first-order valence-electron chi connectivity index (χ1n) is 6.06. The molecule has 6 heteroatoms.